The topological polar surface area (TPSA) is 81.4 Å². The summed E-state index contributed by atoms with van der Waals surface area (Å²) in [6.07, 6.45) is -4.41. The summed E-state index contributed by atoms with van der Waals surface area (Å²) in [6, 6.07) is 2.98. The van der Waals surface area contributed by atoms with Crippen LogP contribution in [0.1, 0.15) is 4.88 Å². The molecule has 0 atom stereocenters. The first-order valence-corrected chi connectivity index (χ1v) is 7.47. The Morgan fingerprint density at radius 1 is 1.37 bits per heavy atom. The molecule has 0 radical (unpaired) electrons. The van der Waals surface area contributed by atoms with Crippen molar-refractivity contribution in [2.45, 2.75) is 16.9 Å². The van der Waals surface area contributed by atoms with Crippen LogP contribution in [0.25, 0.3) is 0 Å². The third-order valence-electron chi connectivity index (χ3n) is 1.91. The fourth-order valence-corrected chi connectivity index (χ4v) is 3.41. The molecule has 1 rings (SSSR count). The summed E-state index contributed by atoms with van der Waals surface area (Å²) >= 11 is 1.01. The zero-order chi connectivity index (χ0) is 14.5. The van der Waals surface area contributed by atoms with Gasteiger partial charge in [0.15, 0.2) is 0 Å². The van der Waals surface area contributed by atoms with Gasteiger partial charge in [0.2, 0.25) is 10.0 Å². The Bertz CT molecular complexity index is 499. The highest BCUT2D eigenvalue weighted by atomic mass is 32.2. The highest BCUT2D eigenvalue weighted by Gasteiger charge is 2.27. The van der Waals surface area contributed by atoms with Crippen LogP contribution in [0.2, 0.25) is 0 Å². The van der Waals surface area contributed by atoms with Crippen molar-refractivity contribution in [3.8, 4) is 0 Å². The first-order valence-electron chi connectivity index (χ1n) is 5.17. The summed E-state index contributed by atoms with van der Waals surface area (Å²) < 4.78 is 65.2. The standard InChI is InChI=1S/C9H13F3N2O3S2/c10-9(11,12)6-17-4-3-14-19(15,16)8-2-1-7(5-13)18-8/h1-2,14H,3-6,13H2. The molecule has 19 heavy (non-hydrogen) atoms. The molecule has 0 fully saturated rings. The van der Waals surface area contributed by atoms with E-state index in [2.05, 4.69) is 9.46 Å². The number of rotatable bonds is 7. The van der Waals surface area contributed by atoms with E-state index >= 15 is 0 Å². The number of nitrogens with one attached hydrogen (secondary N) is 1. The van der Waals surface area contributed by atoms with Crippen LogP contribution in [-0.2, 0) is 21.3 Å². The molecule has 0 amide bonds. The maximum atomic E-state index is 11.7. The van der Waals surface area contributed by atoms with Gasteiger partial charge >= 0.3 is 6.18 Å². The van der Waals surface area contributed by atoms with Gasteiger partial charge in [-0.1, -0.05) is 0 Å². The van der Waals surface area contributed by atoms with E-state index in [9.17, 15) is 21.6 Å². The number of ether oxygens (including phenoxy) is 1. The van der Waals surface area contributed by atoms with E-state index in [4.69, 9.17) is 5.73 Å². The molecular formula is C9H13F3N2O3S2. The van der Waals surface area contributed by atoms with Crippen LogP contribution in [0.15, 0.2) is 16.3 Å². The SMILES string of the molecule is NCc1ccc(S(=O)(=O)NCCOCC(F)(F)F)s1. The van der Waals surface area contributed by atoms with Crippen LogP contribution in [0.5, 0.6) is 0 Å². The minimum absolute atomic E-state index is 0.0729. The Morgan fingerprint density at radius 3 is 2.58 bits per heavy atom. The van der Waals surface area contributed by atoms with Gasteiger partial charge in [-0.25, -0.2) is 13.1 Å². The predicted octanol–water partition coefficient (Wildman–Crippen LogP) is 1.06. The third kappa shape index (κ3) is 5.87. The smallest absolute Gasteiger partial charge is 0.371 e. The van der Waals surface area contributed by atoms with Gasteiger partial charge in [-0.15, -0.1) is 11.3 Å². The number of thiophene rings is 1. The maximum absolute atomic E-state index is 11.7. The number of sulfonamides is 1. The van der Waals surface area contributed by atoms with Gasteiger partial charge < -0.3 is 10.5 Å². The number of nitrogens with two attached hydrogens (primary N) is 1. The number of hydrogen-bond acceptors (Lipinski definition) is 5. The van der Waals surface area contributed by atoms with E-state index in [0.717, 1.165) is 11.3 Å². The van der Waals surface area contributed by atoms with E-state index in [1.165, 1.54) is 6.07 Å². The van der Waals surface area contributed by atoms with Gasteiger partial charge in [-0.2, -0.15) is 13.2 Å². The van der Waals surface area contributed by atoms with Crippen molar-refractivity contribution in [3.05, 3.63) is 17.0 Å². The van der Waals surface area contributed by atoms with Gasteiger partial charge in [-0.05, 0) is 12.1 Å². The molecule has 1 heterocycles. The molecule has 110 valence electrons. The second kappa shape index (κ2) is 6.66. The summed E-state index contributed by atoms with van der Waals surface area (Å²) in [4.78, 5) is 0.702. The summed E-state index contributed by atoms with van der Waals surface area (Å²) in [5.41, 5.74) is 5.36. The highest BCUT2D eigenvalue weighted by Crippen LogP contribution is 2.20. The van der Waals surface area contributed by atoms with Crippen LogP contribution >= 0.6 is 11.3 Å². The number of hydrogen-bond donors (Lipinski definition) is 2. The molecule has 0 saturated heterocycles. The minimum Gasteiger partial charge on any atom is -0.371 e. The van der Waals surface area contributed by atoms with Crippen molar-refractivity contribution >= 4 is 21.4 Å². The summed E-state index contributed by atoms with van der Waals surface area (Å²) in [5.74, 6) is 0. The van der Waals surface area contributed by atoms with E-state index in [0.29, 0.717) is 4.88 Å². The molecule has 0 bridgehead atoms. The molecule has 10 heteroatoms. The van der Waals surface area contributed by atoms with Gasteiger partial charge in [0.25, 0.3) is 0 Å². The van der Waals surface area contributed by atoms with Gasteiger partial charge in [0.1, 0.15) is 10.8 Å². The Hall–Kier alpha value is -0.680. The van der Waals surface area contributed by atoms with E-state index in [1.54, 1.807) is 6.07 Å². The molecule has 0 aromatic carbocycles. The van der Waals surface area contributed by atoms with E-state index in [-0.39, 0.29) is 23.9 Å². The van der Waals surface area contributed by atoms with Crippen molar-refractivity contribution in [1.29, 1.82) is 0 Å². The Morgan fingerprint density at radius 2 is 2.05 bits per heavy atom. The van der Waals surface area contributed by atoms with Crippen molar-refractivity contribution in [2.75, 3.05) is 19.8 Å². The van der Waals surface area contributed by atoms with E-state index in [1.807, 2.05) is 0 Å². The fraction of sp³-hybridized carbons (Fsp3) is 0.556. The molecule has 0 aliphatic heterocycles. The second-order valence-electron chi connectivity index (χ2n) is 3.49. The zero-order valence-electron chi connectivity index (χ0n) is 9.74. The van der Waals surface area contributed by atoms with Crippen LogP contribution in [0.3, 0.4) is 0 Å². The molecule has 0 spiro atoms. The lowest BCUT2D eigenvalue weighted by molar-refractivity contribution is -0.173. The average molecular weight is 318 g/mol. The normalized spacial score (nSPS) is 12.8. The average Bonchev–Trinajstić information content (AvgIpc) is 2.76. The second-order valence-corrected chi connectivity index (χ2v) is 6.65. The van der Waals surface area contributed by atoms with Crippen LogP contribution in [0.4, 0.5) is 13.2 Å². The molecule has 1 aromatic rings. The Balaban J connectivity index is 2.39. The molecule has 0 aliphatic carbocycles. The minimum atomic E-state index is -4.41. The lowest BCUT2D eigenvalue weighted by Gasteiger charge is -2.08. The third-order valence-corrected chi connectivity index (χ3v) is 4.97. The van der Waals surface area contributed by atoms with Gasteiger partial charge in [-0.3, -0.25) is 0 Å². The fourth-order valence-electron chi connectivity index (χ4n) is 1.12. The first-order chi connectivity index (χ1) is 8.74. The van der Waals surface area contributed by atoms with Crippen molar-refractivity contribution in [1.82, 2.24) is 4.72 Å². The summed E-state index contributed by atoms with van der Waals surface area (Å²) in [6.45, 7) is -1.75. The quantitative estimate of drug-likeness (QED) is 0.737. The van der Waals surface area contributed by atoms with Crippen LogP contribution in [0, 0.1) is 0 Å². The van der Waals surface area contributed by atoms with Crippen LogP contribution in [-0.4, -0.2) is 34.4 Å². The van der Waals surface area contributed by atoms with Crippen molar-refractivity contribution < 1.29 is 26.3 Å². The zero-order valence-corrected chi connectivity index (χ0v) is 11.4. The molecule has 0 saturated carbocycles. The molecular weight excluding hydrogens is 305 g/mol. The molecule has 3 N–H and O–H groups in total. The number of alkyl halides is 3. The lowest BCUT2D eigenvalue weighted by Crippen LogP contribution is -2.28. The van der Waals surface area contributed by atoms with Gasteiger partial charge in [0.05, 0.1) is 6.61 Å². The molecule has 0 aliphatic rings. The Kier molecular flexibility index (Phi) is 5.74. The monoisotopic (exact) mass is 318 g/mol. The highest BCUT2D eigenvalue weighted by molar-refractivity contribution is 7.91. The molecule has 1 aromatic heterocycles. The first kappa shape index (κ1) is 16.4. The Labute approximate surface area is 112 Å². The van der Waals surface area contributed by atoms with Crippen molar-refractivity contribution in [2.24, 2.45) is 5.73 Å². The van der Waals surface area contributed by atoms with E-state index < -0.39 is 22.8 Å². The summed E-state index contributed by atoms with van der Waals surface area (Å²) in [5, 5.41) is 0. The largest absolute Gasteiger partial charge is 0.411 e. The molecule has 0 unspecified atom stereocenters. The van der Waals surface area contributed by atoms with Crippen LogP contribution < -0.4 is 10.5 Å². The lowest BCUT2D eigenvalue weighted by atomic mass is 10.5. The van der Waals surface area contributed by atoms with Crippen molar-refractivity contribution in [3.63, 3.8) is 0 Å². The maximum Gasteiger partial charge on any atom is 0.411 e. The number of halogens is 3. The van der Waals surface area contributed by atoms with Gasteiger partial charge in [0, 0.05) is 18.0 Å². The predicted molar refractivity (Wildman–Crippen MR) is 64.3 cm³/mol. The molecule has 5 nitrogen and oxygen atoms in total. The summed E-state index contributed by atoms with van der Waals surface area (Å²) in [7, 11) is -3.71.